The zero-order valence-corrected chi connectivity index (χ0v) is 20.0. The number of alkyl carbamates (subject to hydrolysis) is 1. The van der Waals surface area contributed by atoms with E-state index in [1.807, 2.05) is 30.3 Å². The largest absolute Gasteiger partial charge is 0.428 e. The number of oxime groups is 1. The van der Waals surface area contributed by atoms with Crippen LogP contribution in [-0.2, 0) is 28.0 Å². The first-order valence-corrected chi connectivity index (χ1v) is 11.6. The number of carbonyl (C=O) groups is 2. The molecule has 180 valence electrons. The molecule has 2 N–H and O–H groups in total. The summed E-state index contributed by atoms with van der Waals surface area (Å²) in [6, 6.07) is 17.2. The van der Waals surface area contributed by atoms with Gasteiger partial charge in [0, 0.05) is 21.7 Å². The van der Waals surface area contributed by atoms with Crippen LogP contribution < -0.4 is 5.32 Å². The number of halogens is 2. The summed E-state index contributed by atoms with van der Waals surface area (Å²) in [4.78, 5) is 23.9. The predicted octanol–water partition coefficient (Wildman–Crippen LogP) is 5.73. The molecule has 35 heavy (non-hydrogen) atoms. The van der Waals surface area contributed by atoms with E-state index in [0.717, 1.165) is 29.5 Å². The van der Waals surface area contributed by atoms with Gasteiger partial charge in [-0.1, -0.05) is 66.5 Å². The van der Waals surface area contributed by atoms with E-state index in [4.69, 9.17) is 16.3 Å². The van der Waals surface area contributed by atoms with Gasteiger partial charge in [0.25, 0.3) is 5.91 Å². The Morgan fingerprint density at radius 2 is 1.91 bits per heavy atom. The molecular weight excluding hydrogens is 471 g/mol. The van der Waals surface area contributed by atoms with Crippen LogP contribution in [0.3, 0.4) is 0 Å². The van der Waals surface area contributed by atoms with Crippen LogP contribution >= 0.6 is 11.6 Å². The fraction of sp³-hybridized carbons (Fsp3) is 0.222. The van der Waals surface area contributed by atoms with E-state index in [-0.39, 0.29) is 16.3 Å². The number of hydrogen-bond acceptors (Lipinski definition) is 5. The van der Waals surface area contributed by atoms with Gasteiger partial charge < -0.3 is 9.94 Å². The summed E-state index contributed by atoms with van der Waals surface area (Å²) in [5.41, 5.74) is 3.06. The van der Waals surface area contributed by atoms with E-state index in [2.05, 4.69) is 17.4 Å². The van der Waals surface area contributed by atoms with E-state index >= 15 is 0 Å². The van der Waals surface area contributed by atoms with Gasteiger partial charge in [-0.3, -0.25) is 10.1 Å². The maximum atomic E-state index is 14.5. The Morgan fingerprint density at radius 1 is 1.11 bits per heavy atom. The first kappa shape index (κ1) is 24.4. The van der Waals surface area contributed by atoms with Crippen molar-refractivity contribution in [3.63, 3.8) is 0 Å². The van der Waals surface area contributed by atoms with Crippen molar-refractivity contribution in [3.8, 4) is 0 Å². The van der Waals surface area contributed by atoms with E-state index in [1.54, 1.807) is 25.1 Å². The monoisotopic (exact) mass is 494 g/mol. The van der Waals surface area contributed by atoms with Gasteiger partial charge in [0.1, 0.15) is 11.5 Å². The van der Waals surface area contributed by atoms with Crippen molar-refractivity contribution >= 4 is 29.3 Å². The third-order valence-electron chi connectivity index (χ3n) is 6.10. The molecule has 0 aromatic heterocycles. The number of carbonyl (C=O) groups excluding carboxylic acids is 2. The number of aryl methyl sites for hydroxylation is 1. The number of rotatable bonds is 7. The molecule has 2 amide bonds. The quantitative estimate of drug-likeness (QED) is 0.249. The summed E-state index contributed by atoms with van der Waals surface area (Å²) in [7, 11) is 0. The zero-order chi connectivity index (χ0) is 25.2. The molecule has 3 aromatic rings. The molecule has 6 nitrogen and oxygen atoms in total. The smallest absolute Gasteiger partial charge is 0.415 e. The van der Waals surface area contributed by atoms with E-state index in [1.165, 1.54) is 12.1 Å². The molecule has 0 radical (unpaired) electrons. The lowest BCUT2D eigenvalue weighted by atomic mass is 9.90. The van der Waals surface area contributed by atoms with Crippen LogP contribution in [0.1, 0.15) is 53.6 Å². The molecule has 0 unspecified atom stereocenters. The highest BCUT2D eigenvalue weighted by Crippen LogP contribution is 2.31. The highest BCUT2D eigenvalue weighted by molar-refractivity contribution is 6.30. The van der Waals surface area contributed by atoms with Crippen LogP contribution in [0.5, 0.6) is 0 Å². The van der Waals surface area contributed by atoms with Crippen molar-refractivity contribution in [2.75, 3.05) is 0 Å². The Balaban J connectivity index is 1.67. The van der Waals surface area contributed by atoms with Crippen LogP contribution in [0.4, 0.5) is 9.18 Å². The number of cyclic esters (lactones) is 1. The van der Waals surface area contributed by atoms with Crippen molar-refractivity contribution < 1.29 is 23.9 Å². The van der Waals surface area contributed by atoms with E-state index in [0.29, 0.717) is 17.5 Å². The summed E-state index contributed by atoms with van der Waals surface area (Å²) >= 11 is 5.86. The average Bonchev–Trinajstić information content (AvgIpc) is 3.09. The Kier molecular flexibility index (Phi) is 6.89. The number of imide groups is 1. The van der Waals surface area contributed by atoms with Gasteiger partial charge in [-0.05, 0) is 60.7 Å². The van der Waals surface area contributed by atoms with Gasteiger partial charge in [-0.25, -0.2) is 9.18 Å². The second kappa shape index (κ2) is 9.88. The Bertz CT molecular complexity index is 1340. The summed E-state index contributed by atoms with van der Waals surface area (Å²) in [5, 5.41) is 15.5. The van der Waals surface area contributed by atoms with Gasteiger partial charge in [0.15, 0.2) is 0 Å². The number of benzene rings is 3. The lowest BCUT2D eigenvalue weighted by Gasteiger charge is -2.20. The molecule has 0 bridgehead atoms. The van der Waals surface area contributed by atoms with Gasteiger partial charge in [0.05, 0.1) is 0 Å². The maximum absolute atomic E-state index is 14.5. The number of ether oxygens (including phenoxy) is 1. The fourth-order valence-corrected chi connectivity index (χ4v) is 4.41. The van der Waals surface area contributed by atoms with Gasteiger partial charge >= 0.3 is 6.09 Å². The Labute approximate surface area is 207 Å². The van der Waals surface area contributed by atoms with E-state index < -0.39 is 23.4 Å². The number of nitrogens with one attached hydrogen (secondary N) is 1. The van der Waals surface area contributed by atoms with Crippen molar-refractivity contribution in [3.05, 3.63) is 105 Å². The van der Waals surface area contributed by atoms with Crippen LogP contribution in [-0.4, -0.2) is 22.9 Å². The molecular formula is C27H24ClFN2O4. The molecule has 8 heteroatoms. The summed E-state index contributed by atoms with van der Waals surface area (Å²) in [6.07, 6.45) is 1.45. The lowest BCUT2D eigenvalue weighted by molar-refractivity contribution is -0.130. The third-order valence-corrected chi connectivity index (χ3v) is 6.34. The minimum absolute atomic E-state index is 0.118. The normalized spacial score (nSPS) is 17.9. The summed E-state index contributed by atoms with van der Waals surface area (Å²) in [6.45, 7) is 3.63. The molecule has 1 aliphatic heterocycles. The molecule has 4 rings (SSSR count). The maximum Gasteiger partial charge on any atom is 0.415 e. The first-order valence-electron chi connectivity index (χ1n) is 11.2. The van der Waals surface area contributed by atoms with Crippen molar-refractivity contribution in [2.45, 2.75) is 38.7 Å². The standard InChI is InChI=1S/C27H24ClFN2O4/c1-3-5-17-14-19(24(31-34)22-11-10-21(28)15-23(22)29)9-8-18(17)12-16-6-4-7-20(13-16)27(2)25(32)30-26(33)35-27/h4,6-11,13-15,34H,3,5,12H2,1-2H3,(H,30,32,33)/b31-24-/t27-/m1/s1. The molecule has 1 saturated heterocycles. The average molecular weight is 495 g/mol. The highest BCUT2D eigenvalue weighted by Gasteiger charge is 2.46. The first-order chi connectivity index (χ1) is 16.7. The van der Waals surface area contributed by atoms with Crippen LogP contribution in [0.25, 0.3) is 0 Å². The lowest BCUT2D eigenvalue weighted by Crippen LogP contribution is -2.33. The SMILES string of the molecule is CCCc1cc(/C(=N/O)c2ccc(Cl)cc2F)ccc1Cc1cccc([C@@]2(C)OC(=O)NC2=O)c1. The van der Waals surface area contributed by atoms with Crippen molar-refractivity contribution in [1.82, 2.24) is 5.32 Å². The van der Waals surface area contributed by atoms with E-state index in [9.17, 15) is 19.2 Å². The summed E-state index contributed by atoms with van der Waals surface area (Å²) in [5.74, 6) is -1.07. The summed E-state index contributed by atoms with van der Waals surface area (Å²) < 4.78 is 19.8. The molecule has 1 aliphatic rings. The van der Waals surface area contributed by atoms with Gasteiger partial charge in [-0.2, -0.15) is 0 Å². The van der Waals surface area contributed by atoms with Gasteiger partial charge in [0.2, 0.25) is 5.60 Å². The molecule has 1 fully saturated rings. The van der Waals surface area contributed by atoms with Crippen LogP contribution in [0.2, 0.25) is 5.02 Å². The zero-order valence-electron chi connectivity index (χ0n) is 19.3. The Morgan fingerprint density at radius 3 is 2.57 bits per heavy atom. The van der Waals surface area contributed by atoms with Crippen LogP contribution in [0, 0.1) is 5.82 Å². The number of nitrogens with zero attached hydrogens (tertiary/aromatic N) is 1. The molecule has 0 aliphatic carbocycles. The molecule has 1 atom stereocenters. The third kappa shape index (κ3) is 4.91. The topological polar surface area (TPSA) is 88.0 Å². The van der Waals surface area contributed by atoms with Crippen LogP contribution in [0.15, 0.2) is 65.8 Å². The van der Waals surface area contributed by atoms with Crippen molar-refractivity contribution in [2.24, 2.45) is 5.16 Å². The second-order valence-corrected chi connectivity index (χ2v) is 9.00. The second-order valence-electron chi connectivity index (χ2n) is 8.56. The van der Waals surface area contributed by atoms with Crippen molar-refractivity contribution in [1.29, 1.82) is 0 Å². The highest BCUT2D eigenvalue weighted by atomic mass is 35.5. The molecule has 0 saturated carbocycles. The molecule has 3 aromatic carbocycles. The minimum Gasteiger partial charge on any atom is -0.428 e. The fourth-order valence-electron chi connectivity index (χ4n) is 4.25. The van der Waals surface area contributed by atoms with Gasteiger partial charge in [-0.15, -0.1) is 0 Å². The molecule has 1 heterocycles. The number of amides is 2. The Hall–Kier alpha value is -3.71. The minimum atomic E-state index is -1.38. The molecule has 0 spiro atoms. The number of hydrogen-bond donors (Lipinski definition) is 2. The predicted molar refractivity (Wildman–Crippen MR) is 130 cm³/mol.